The summed E-state index contributed by atoms with van der Waals surface area (Å²) >= 11 is 10.6. The molecule has 0 aliphatic carbocycles. The largest absolute Gasteiger partial charge is 0.293 e. The van der Waals surface area contributed by atoms with E-state index in [0.29, 0.717) is 5.56 Å². The van der Waals surface area contributed by atoms with E-state index in [1.165, 1.54) is 0 Å². The molecule has 1 rings (SSSR count). The molecule has 0 atom stereocenters. The molecule has 0 aromatic heterocycles. The topological polar surface area (TPSA) is 20.3 Å². The van der Waals surface area contributed by atoms with Crippen molar-refractivity contribution >= 4 is 29.3 Å². The van der Waals surface area contributed by atoms with Gasteiger partial charge in [-0.15, -0.1) is 3.94 Å². The van der Waals surface area contributed by atoms with E-state index in [-0.39, 0.29) is 12.3 Å². The molecule has 0 heterocycles. The highest BCUT2D eigenvalue weighted by Gasteiger charge is 2.07. The molecule has 0 radical (unpaired) electrons. The summed E-state index contributed by atoms with van der Waals surface area (Å²) in [6, 6.07) is 8.87. The van der Waals surface area contributed by atoms with Crippen LogP contribution >= 0.6 is 23.6 Å². The van der Waals surface area contributed by atoms with E-state index in [2.05, 4.69) is 0 Å². The van der Waals surface area contributed by atoms with Gasteiger partial charge in [0.05, 0.1) is 6.54 Å². The van der Waals surface area contributed by atoms with Gasteiger partial charge in [0.25, 0.3) is 0 Å². The van der Waals surface area contributed by atoms with Gasteiger partial charge < -0.3 is 0 Å². The number of carbonyl (C=O) groups excluding carboxylic acids is 1. The number of halogens is 2. The van der Waals surface area contributed by atoms with Crippen LogP contribution < -0.4 is 0 Å². The summed E-state index contributed by atoms with van der Waals surface area (Å²) in [7, 11) is 0. The molecular formula is C8H7Cl2NO. The third-order valence-corrected chi connectivity index (χ3v) is 1.60. The van der Waals surface area contributed by atoms with E-state index in [1.54, 1.807) is 24.3 Å². The molecule has 12 heavy (non-hydrogen) atoms. The van der Waals surface area contributed by atoms with E-state index in [4.69, 9.17) is 23.6 Å². The highest BCUT2D eigenvalue weighted by molar-refractivity contribution is 6.35. The number of carbonyl (C=O) groups is 1. The summed E-state index contributed by atoms with van der Waals surface area (Å²) in [5, 5.41) is 0. The van der Waals surface area contributed by atoms with Crippen LogP contribution in [0.3, 0.4) is 0 Å². The lowest BCUT2D eigenvalue weighted by atomic mass is 10.1. The summed E-state index contributed by atoms with van der Waals surface area (Å²) < 4.78 is 0.815. The number of rotatable bonds is 3. The maximum Gasteiger partial charge on any atom is 0.179 e. The minimum absolute atomic E-state index is 0.00707. The monoisotopic (exact) mass is 203 g/mol. The SMILES string of the molecule is O=C(CN(Cl)Cl)c1ccccc1. The second-order valence-electron chi connectivity index (χ2n) is 2.25. The number of nitrogens with zero attached hydrogens (tertiary/aromatic N) is 1. The van der Waals surface area contributed by atoms with Gasteiger partial charge in [0.1, 0.15) is 0 Å². The predicted molar refractivity (Wildman–Crippen MR) is 49.2 cm³/mol. The smallest absolute Gasteiger partial charge is 0.179 e. The van der Waals surface area contributed by atoms with Gasteiger partial charge in [0, 0.05) is 5.56 Å². The standard InChI is InChI=1S/C8H7Cl2NO/c9-11(10)6-8(12)7-4-2-1-3-5-7/h1-5H,6H2. The van der Waals surface area contributed by atoms with Crippen molar-refractivity contribution in [2.75, 3.05) is 6.54 Å². The lowest BCUT2D eigenvalue weighted by molar-refractivity contribution is 0.0984. The van der Waals surface area contributed by atoms with Gasteiger partial charge >= 0.3 is 0 Å². The van der Waals surface area contributed by atoms with E-state index >= 15 is 0 Å². The molecule has 0 spiro atoms. The van der Waals surface area contributed by atoms with Gasteiger partial charge in [-0.05, 0) is 23.6 Å². The quantitative estimate of drug-likeness (QED) is 0.556. The molecule has 0 aliphatic rings. The number of hydrogen-bond acceptors (Lipinski definition) is 2. The number of Topliss-reactive ketones (excluding diaryl/α,β-unsaturated/α-hetero) is 1. The summed E-state index contributed by atoms with van der Waals surface area (Å²) in [5.41, 5.74) is 0.615. The molecule has 0 bridgehead atoms. The fourth-order valence-electron chi connectivity index (χ4n) is 0.824. The Labute approximate surface area is 80.9 Å². The Balaban J connectivity index is 2.66. The fraction of sp³-hybridized carbons (Fsp3) is 0.125. The summed E-state index contributed by atoms with van der Waals surface area (Å²) in [5.74, 6) is -0.0967. The number of hydrogen-bond donors (Lipinski definition) is 0. The minimum Gasteiger partial charge on any atom is -0.293 e. The van der Waals surface area contributed by atoms with Gasteiger partial charge in [-0.1, -0.05) is 30.3 Å². The van der Waals surface area contributed by atoms with Gasteiger partial charge in [0.15, 0.2) is 5.78 Å². The molecule has 0 fully saturated rings. The lowest BCUT2D eigenvalue weighted by Gasteiger charge is -2.01. The average Bonchev–Trinajstić information content (AvgIpc) is 2.05. The Morgan fingerprint density at radius 3 is 2.33 bits per heavy atom. The molecule has 4 heteroatoms. The molecule has 0 saturated heterocycles. The maximum absolute atomic E-state index is 11.2. The molecule has 0 amide bonds. The molecule has 0 unspecified atom stereocenters. The van der Waals surface area contributed by atoms with Crippen LogP contribution in [0.1, 0.15) is 10.4 Å². The van der Waals surface area contributed by atoms with Crippen molar-refractivity contribution in [2.24, 2.45) is 0 Å². The third kappa shape index (κ3) is 2.81. The van der Waals surface area contributed by atoms with Crippen molar-refractivity contribution in [2.45, 2.75) is 0 Å². The van der Waals surface area contributed by atoms with E-state index in [1.807, 2.05) is 6.07 Å². The van der Waals surface area contributed by atoms with E-state index < -0.39 is 0 Å². The Morgan fingerprint density at radius 2 is 1.83 bits per heavy atom. The Hall–Kier alpha value is -0.570. The van der Waals surface area contributed by atoms with Crippen molar-refractivity contribution in [1.29, 1.82) is 0 Å². The molecule has 1 aromatic carbocycles. The van der Waals surface area contributed by atoms with Crippen molar-refractivity contribution in [1.82, 2.24) is 3.94 Å². The van der Waals surface area contributed by atoms with Crippen LogP contribution in [0.25, 0.3) is 0 Å². The van der Waals surface area contributed by atoms with Crippen LogP contribution in [0.5, 0.6) is 0 Å². The first-order chi connectivity index (χ1) is 5.70. The van der Waals surface area contributed by atoms with Gasteiger partial charge in [0.2, 0.25) is 0 Å². The fourth-order valence-corrected chi connectivity index (χ4v) is 1.04. The molecule has 0 N–H and O–H groups in total. The van der Waals surface area contributed by atoms with Crippen molar-refractivity contribution in [3.63, 3.8) is 0 Å². The van der Waals surface area contributed by atoms with Crippen LogP contribution in [0, 0.1) is 0 Å². The summed E-state index contributed by atoms with van der Waals surface area (Å²) in [6.07, 6.45) is 0. The van der Waals surface area contributed by atoms with Crippen LogP contribution in [0.4, 0.5) is 0 Å². The van der Waals surface area contributed by atoms with Crippen LogP contribution in [-0.2, 0) is 0 Å². The molecule has 2 nitrogen and oxygen atoms in total. The van der Waals surface area contributed by atoms with E-state index in [9.17, 15) is 4.79 Å². The van der Waals surface area contributed by atoms with Crippen molar-refractivity contribution in [3.8, 4) is 0 Å². The lowest BCUT2D eigenvalue weighted by Crippen LogP contribution is -2.13. The summed E-state index contributed by atoms with van der Waals surface area (Å²) in [4.78, 5) is 11.2. The zero-order chi connectivity index (χ0) is 8.97. The third-order valence-electron chi connectivity index (χ3n) is 1.36. The first-order valence-electron chi connectivity index (χ1n) is 3.37. The normalized spacial score (nSPS) is 10.2. The number of ketones is 1. The second kappa shape index (κ2) is 4.45. The average molecular weight is 204 g/mol. The molecule has 0 saturated carbocycles. The van der Waals surface area contributed by atoms with Gasteiger partial charge in [-0.25, -0.2) is 0 Å². The van der Waals surface area contributed by atoms with Crippen LogP contribution in [0.2, 0.25) is 0 Å². The van der Waals surface area contributed by atoms with Crippen LogP contribution in [0.15, 0.2) is 30.3 Å². The van der Waals surface area contributed by atoms with Crippen molar-refractivity contribution in [3.05, 3.63) is 35.9 Å². The Bertz CT molecular complexity index is 261. The first-order valence-corrected chi connectivity index (χ1v) is 4.05. The second-order valence-corrected chi connectivity index (χ2v) is 3.24. The van der Waals surface area contributed by atoms with Crippen LogP contribution in [-0.4, -0.2) is 16.3 Å². The molecule has 64 valence electrons. The Morgan fingerprint density at radius 1 is 1.25 bits per heavy atom. The van der Waals surface area contributed by atoms with Gasteiger partial charge in [-0.2, -0.15) is 0 Å². The minimum atomic E-state index is -0.0967. The zero-order valence-corrected chi connectivity index (χ0v) is 7.72. The number of benzene rings is 1. The Kier molecular flexibility index (Phi) is 3.53. The first kappa shape index (κ1) is 9.52. The molecule has 0 aliphatic heterocycles. The predicted octanol–water partition coefficient (Wildman–Crippen LogP) is 2.48. The van der Waals surface area contributed by atoms with Gasteiger partial charge in [-0.3, -0.25) is 4.79 Å². The van der Waals surface area contributed by atoms with Crippen molar-refractivity contribution < 1.29 is 4.79 Å². The molecule has 1 aromatic rings. The molecular weight excluding hydrogens is 197 g/mol. The highest BCUT2D eigenvalue weighted by Crippen LogP contribution is 2.04. The van der Waals surface area contributed by atoms with E-state index in [0.717, 1.165) is 3.94 Å². The highest BCUT2D eigenvalue weighted by atomic mass is 35.5. The zero-order valence-electron chi connectivity index (χ0n) is 6.21. The maximum atomic E-state index is 11.2. The summed E-state index contributed by atoms with van der Waals surface area (Å²) in [6.45, 7) is 0.00707.